The summed E-state index contributed by atoms with van der Waals surface area (Å²) in [5, 5.41) is 12.4. The Bertz CT molecular complexity index is 440. The van der Waals surface area contributed by atoms with Gasteiger partial charge in [0.25, 0.3) is 0 Å². The molecular formula is C16H25N3O. The van der Waals surface area contributed by atoms with Crippen molar-refractivity contribution in [2.45, 2.75) is 26.8 Å². The summed E-state index contributed by atoms with van der Waals surface area (Å²) >= 11 is 0. The van der Waals surface area contributed by atoms with Crippen molar-refractivity contribution in [1.82, 2.24) is 10.2 Å². The lowest BCUT2D eigenvalue weighted by molar-refractivity contribution is 0.287. The maximum Gasteiger partial charge on any atom is 0.136 e. The summed E-state index contributed by atoms with van der Waals surface area (Å²) in [4.78, 5) is 2.44. The number of methoxy groups -OCH3 is 1. The molecule has 0 atom stereocenters. The monoisotopic (exact) mass is 275 g/mol. The highest BCUT2D eigenvalue weighted by atomic mass is 16.5. The minimum absolute atomic E-state index is 0.580. The van der Waals surface area contributed by atoms with Crippen LogP contribution in [-0.2, 0) is 6.54 Å². The minimum Gasteiger partial charge on any atom is -0.495 e. The Hall–Kier alpha value is -1.57. The highest BCUT2D eigenvalue weighted by Gasteiger charge is 2.04. The van der Waals surface area contributed by atoms with Crippen molar-refractivity contribution in [2.75, 3.05) is 33.3 Å². The summed E-state index contributed by atoms with van der Waals surface area (Å²) in [5.74, 6) is 0.646. The van der Waals surface area contributed by atoms with Gasteiger partial charge in [-0.25, -0.2) is 0 Å². The summed E-state index contributed by atoms with van der Waals surface area (Å²) in [7, 11) is 1.59. The number of hydrogen-bond acceptors (Lipinski definition) is 4. The topological polar surface area (TPSA) is 48.3 Å². The van der Waals surface area contributed by atoms with Gasteiger partial charge in [-0.1, -0.05) is 19.9 Å². The van der Waals surface area contributed by atoms with Crippen LogP contribution in [0.3, 0.4) is 0 Å². The number of nitrogens with zero attached hydrogens (tertiary/aromatic N) is 2. The molecule has 1 N–H and O–H groups in total. The zero-order valence-electron chi connectivity index (χ0n) is 12.8. The molecule has 0 radical (unpaired) electrons. The third-order valence-electron chi connectivity index (χ3n) is 3.31. The molecule has 0 spiro atoms. The van der Waals surface area contributed by atoms with Gasteiger partial charge in [-0.3, -0.25) is 0 Å². The molecular weight excluding hydrogens is 250 g/mol. The van der Waals surface area contributed by atoms with E-state index in [4.69, 9.17) is 10.00 Å². The van der Waals surface area contributed by atoms with Gasteiger partial charge in [-0.05, 0) is 37.2 Å². The number of rotatable bonds is 9. The lowest BCUT2D eigenvalue weighted by Gasteiger charge is -2.19. The summed E-state index contributed by atoms with van der Waals surface area (Å²) in [6.07, 6.45) is 1.20. The van der Waals surface area contributed by atoms with Crippen LogP contribution in [0.1, 0.15) is 31.4 Å². The van der Waals surface area contributed by atoms with E-state index in [1.54, 1.807) is 7.11 Å². The van der Waals surface area contributed by atoms with E-state index in [1.165, 1.54) is 6.42 Å². The van der Waals surface area contributed by atoms with E-state index in [-0.39, 0.29) is 0 Å². The molecule has 4 heteroatoms. The molecule has 1 aromatic rings. The van der Waals surface area contributed by atoms with Crippen LogP contribution in [0, 0.1) is 11.3 Å². The SMILES string of the molecule is CCCN(CC)CCNCc1ccc(C#N)c(OC)c1. The first-order valence-corrected chi connectivity index (χ1v) is 7.25. The Kier molecular flexibility index (Phi) is 7.71. The van der Waals surface area contributed by atoms with E-state index in [2.05, 4.69) is 30.1 Å². The Labute approximate surface area is 122 Å². The first-order chi connectivity index (χ1) is 9.74. The molecule has 0 aromatic heterocycles. The predicted octanol–water partition coefficient (Wildman–Crippen LogP) is 2.39. The van der Waals surface area contributed by atoms with Crippen LogP contribution in [-0.4, -0.2) is 38.2 Å². The summed E-state index contributed by atoms with van der Waals surface area (Å²) < 4.78 is 5.21. The van der Waals surface area contributed by atoms with Crippen molar-refractivity contribution in [1.29, 1.82) is 5.26 Å². The largest absolute Gasteiger partial charge is 0.495 e. The van der Waals surface area contributed by atoms with E-state index in [0.717, 1.165) is 38.3 Å². The quantitative estimate of drug-likeness (QED) is 0.703. The second-order valence-corrected chi connectivity index (χ2v) is 4.76. The van der Waals surface area contributed by atoms with Crippen molar-refractivity contribution in [3.8, 4) is 11.8 Å². The molecule has 0 fully saturated rings. The van der Waals surface area contributed by atoms with Crippen molar-refractivity contribution >= 4 is 0 Å². The molecule has 0 saturated heterocycles. The van der Waals surface area contributed by atoms with Crippen LogP contribution in [0.5, 0.6) is 5.75 Å². The maximum atomic E-state index is 8.94. The average molecular weight is 275 g/mol. The van der Waals surface area contributed by atoms with Crippen molar-refractivity contribution in [3.63, 3.8) is 0 Å². The smallest absolute Gasteiger partial charge is 0.136 e. The van der Waals surface area contributed by atoms with E-state index < -0.39 is 0 Å². The molecule has 0 heterocycles. The third kappa shape index (κ3) is 5.20. The molecule has 0 aliphatic heterocycles. The molecule has 0 saturated carbocycles. The molecule has 1 aromatic carbocycles. The van der Waals surface area contributed by atoms with E-state index >= 15 is 0 Å². The van der Waals surface area contributed by atoms with E-state index in [0.29, 0.717) is 11.3 Å². The Morgan fingerprint density at radius 3 is 2.70 bits per heavy atom. The Morgan fingerprint density at radius 2 is 2.10 bits per heavy atom. The van der Waals surface area contributed by atoms with Gasteiger partial charge in [0, 0.05) is 19.6 Å². The van der Waals surface area contributed by atoms with Crippen molar-refractivity contribution in [3.05, 3.63) is 29.3 Å². The van der Waals surface area contributed by atoms with Gasteiger partial charge in [0.2, 0.25) is 0 Å². The summed E-state index contributed by atoms with van der Waals surface area (Å²) in [5.41, 5.74) is 1.72. The normalized spacial score (nSPS) is 10.6. The number of ether oxygens (including phenoxy) is 1. The molecule has 1 rings (SSSR count). The zero-order valence-corrected chi connectivity index (χ0v) is 12.8. The van der Waals surface area contributed by atoms with Gasteiger partial charge in [0.1, 0.15) is 11.8 Å². The summed E-state index contributed by atoms with van der Waals surface area (Å²) in [6, 6.07) is 7.83. The lowest BCUT2D eigenvalue weighted by atomic mass is 10.1. The molecule has 0 amide bonds. The fourth-order valence-electron chi connectivity index (χ4n) is 2.15. The fraction of sp³-hybridized carbons (Fsp3) is 0.562. The average Bonchev–Trinajstić information content (AvgIpc) is 2.50. The lowest BCUT2D eigenvalue weighted by Crippen LogP contribution is -2.32. The van der Waals surface area contributed by atoms with Crippen molar-refractivity contribution in [2.24, 2.45) is 0 Å². The molecule has 110 valence electrons. The zero-order chi connectivity index (χ0) is 14.8. The minimum atomic E-state index is 0.580. The van der Waals surface area contributed by atoms with Crippen LogP contribution in [0.2, 0.25) is 0 Å². The van der Waals surface area contributed by atoms with Crippen LogP contribution >= 0.6 is 0 Å². The highest BCUT2D eigenvalue weighted by Crippen LogP contribution is 2.18. The molecule has 0 aliphatic rings. The first kappa shape index (κ1) is 16.5. The van der Waals surface area contributed by atoms with Gasteiger partial charge in [0.05, 0.1) is 12.7 Å². The summed E-state index contributed by atoms with van der Waals surface area (Å²) in [6.45, 7) is 9.49. The number of nitrogens with one attached hydrogen (secondary N) is 1. The number of hydrogen-bond donors (Lipinski definition) is 1. The van der Waals surface area contributed by atoms with E-state index in [1.807, 2.05) is 18.2 Å². The second-order valence-electron chi connectivity index (χ2n) is 4.76. The number of benzene rings is 1. The standard InChI is InChI=1S/C16H25N3O/c1-4-9-19(5-2)10-8-18-13-14-6-7-15(12-17)16(11-14)20-3/h6-7,11,18H,4-5,8-10,13H2,1-3H3. The van der Waals surface area contributed by atoms with Gasteiger partial charge in [-0.2, -0.15) is 5.26 Å². The first-order valence-electron chi connectivity index (χ1n) is 7.25. The Morgan fingerprint density at radius 1 is 1.30 bits per heavy atom. The highest BCUT2D eigenvalue weighted by molar-refractivity contribution is 5.45. The van der Waals surface area contributed by atoms with E-state index in [9.17, 15) is 0 Å². The second kappa shape index (κ2) is 9.35. The fourth-order valence-corrected chi connectivity index (χ4v) is 2.15. The molecule has 0 aliphatic carbocycles. The van der Waals surface area contributed by atoms with Gasteiger partial charge in [0.15, 0.2) is 0 Å². The van der Waals surface area contributed by atoms with Crippen LogP contribution in [0.25, 0.3) is 0 Å². The van der Waals surface area contributed by atoms with Gasteiger partial charge < -0.3 is 15.0 Å². The predicted molar refractivity (Wildman–Crippen MR) is 81.8 cm³/mol. The van der Waals surface area contributed by atoms with Crippen LogP contribution in [0.15, 0.2) is 18.2 Å². The maximum absolute atomic E-state index is 8.94. The molecule has 20 heavy (non-hydrogen) atoms. The van der Waals surface area contributed by atoms with Crippen LogP contribution < -0.4 is 10.1 Å². The number of likely N-dealkylation sites (N-methyl/N-ethyl adjacent to an activating group) is 1. The third-order valence-corrected chi connectivity index (χ3v) is 3.31. The molecule has 4 nitrogen and oxygen atoms in total. The van der Waals surface area contributed by atoms with Crippen LogP contribution in [0.4, 0.5) is 0 Å². The molecule has 0 bridgehead atoms. The Balaban J connectivity index is 2.41. The van der Waals surface area contributed by atoms with Gasteiger partial charge >= 0.3 is 0 Å². The number of nitriles is 1. The van der Waals surface area contributed by atoms with Crippen molar-refractivity contribution < 1.29 is 4.74 Å². The molecule has 0 unspecified atom stereocenters. The van der Waals surface area contributed by atoms with Gasteiger partial charge in [-0.15, -0.1) is 0 Å².